The minimum atomic E-state index is -1.34. The summed E-state index contributed by atoms with van der Waals surface area (Å²) >= 11 is 0. The van der Waals surface area contributed by atoms with Crippen LogP contribution in [-0.4, -0.2) is 84.7 Å². The molecule has 4 atom stereocenters. The van der Waals surface area contributed by atoms with Crippen molar-refractivity contribution in [2.75, 3.05) is 26.9 Å². The Hall–Kier alpha value is -3.05. The predicted molar refractivity (Wildman–Crippen MR) is 141 cm³/mol. The molecule has 0 radical (unpaired) electrons. The first kappa shape index (κ1) is 30.5. The molecule has 3 rings (SSSR count). The first-order valence-electron chi connectivity index (χ1n) is 13.1. The lowest BCUT2D eigenvalue weighted by molar-refractivity contribution is -0.154. The van der Waals surface area contributed by atoms with E-state index in [-0.39, 0.29) is 19.1 Å². The van der Waals surface area contributed by atoms with Crippen molar-refractivity contribution < 1.29 is 43.2 Å². The summed E-state index contributed by atoms with van der Waals surface area (Å²) < 4.78 is 28.0. The molecule has 1 N–H and O–H groups in total. The normalized spacial score (nSPS) is 23.2. The molecule has 214 valence electrons. The summed E-state index contributed by atoms with van der Waals surface area (Å²) in [6.07, 6.45) is 1.19. The zero-order valence-electron chi connectivity index (χ0n) is 23.2. The summed E-state index contributed by atoms with van der Waals surface area (Å²) in [5.41, 5.74) is 0.118. The lowest BCUT2D eigenvalue weighted by Gasteiger charge is -2.34. The highest BCUT2D eigenvalue weighted by molar-refractivity contribution is 6.03. The molecule has 0 aliphatic carbocycles. The summed E-state index contributed by atoms with van der Waals surface area (Å²) in [5, 5.41) is 9.56. The summed E-state index contributed by atoms with van der Waals surface area (Å²) in [4.78, 5) is 39.8. The molecule has 0 unspecified atom stereocenters. The number of hydrogen-bond acceptors (Lipinski definition) is 9. The number of carbonyl (C=O) groups is 3. The molecule has 1 saturated heterocycles. The van der Waals surface area contributed by atoms with Gasteiger partial charge in [0.1, 0.15) is 17.5 Å². The van der Waals surface area contributed by atoms with Gasteiger partial charge in [-0.2, -0.15) is 0 Å². The average molecular weight is 546 g/mol. The van der Waals surface area contributed by atoms with E-state index in [9.17, 15) is 19.5 Å². The lowest BCUT2D eigenvalue weighted by atomic mass is 9.88. The van der Waals surface area contributed by atoms with Crippen LogP contribution in [-0.2, 0) is 39.9 Å². The van der Waals surface area contributed by atoms with Gasteiger partial charge in [-0.25, -0.2) is 9.69 Å². The van der Waals surface area contributed by atoms with Crippen LogP contribution >= 0.6 is 0 Å². The number of nitrogens with zero attached hydrogens (tertiary/aromatic N) is 1. The highest BCUT2D eigenvalue weighted by Gasteiger charge is 2.54. The number of methoxy groups -OCH3 is 1. The van der Waals surface area contributed by atoms with E-state index in [0.717, 1.165) is 10.5 Å². The van der Waals surface area contributed by atoms with E-state index in [2.05, 4.69) is 0 Å². The van der Waals surface area contributed by atoms with Crippen molar-refractivity contribution in [3.63, 3.8) is 0 Å². The van der Waals surface area contributed by atoms with E-state index in [1.54, 1.807) is 19.9 Å². The smallest absolute Gasteiger partial charge is 0.417 e. The summed E-state index contributed by atoms with van der Waals surface area (Å²) in [7, 11) is 1.29. The highest BCUT2D eigenvalue weighted by atomic mass is 16.6. The number of benzene rings is 1. The van der Waals surface area contributed by atoms with Crippen molar-refractivity contribution in [2.45, 2.75) is 70.7 Å². The van der Waals surface area contributed by atoms with Crippen molar-refractivity contribution in [3.8, 4) is 0 Å². The topological polar surface area (TPSA) is 121 Å². The Morgan fingerprint density at radius 2 is 1.90 bits per heavy atom. The van der Waals surface area contributed by atoms with Gasteiger partial charge in [0.25, 0.3) is 5.91 Å². The third-order valence-electron chi connectivity index (χ3n) is 6.58. The van der Waals surface area contributed by atoms with Crippen LogP contribution < -0.4 is 0 Å². The maximum Gasteiger partial charge on any atom is 0.417 e. The van der Waals surface area contributed by atoms with E-state index in [4.69, 9.17) is 23.7 Å². The molecule has 0 saturated carbocycles. The molecule has 10 nitrogen and oxygen atoms in total. The van der Waals surface area contributed by atoms with Gasteiger partial charge in [0.15, 0.2) is 18.0 Å². The molecule has 10 heteroatoms. The van der Waals surface area contributed by atoms with Gasteiger partial charge >= 0.3 is 6.09 Å². The van der Waals surface area contributed by atoms with Crippen molar-refractivity contribution in [1.29, 1.82) is 0 Å². The van der Waals surface area contributed by atoms with E-state index >= 15 is 0 Å². The van der Waals surface area contributed by atoms with Crippen molar-refractivity contribution in [3.05, 3.63) is 59.9 Å². The number of carbonyl (C=O) groups excluding carboxylic acids is 3. The number of ether oxygens (including phenoxy) is 5. The highest BCUT2D eigenvalue weighted by Crippen LogP contribution is 2.35. The average Bonchev–Trinajstić information content (AvgIpc) is 3.16. The minimum absolute atomic E-state index is 0.0830. The molecule has 2 heterocycles. The quantitative estimate of drug-likeness (QED) is 0.373. The van der Waals surface area contributed by atoms with Gasteiger partial charge in [-0.15, -0.1) is 0 Å². The first-order chi connectivity index (χ1) is 18.6. The van der Waals surface area contributed by atoms with Gasteiger partial charge < -0.3 is 28.8 Å². The van der Waals surface area contributed by atoms with Crippen LogP contribution in [0.1, 0.15) is 39.7 Å². The maximum absolute atomic E-state index is 13.4. The number of cyclic esters (lactones) is 1. The Morgan fingerprint density at radius 1 is 1.18 bits per heavy atom. The second-order valence-electron chi connectivity index (χ2n) is 10.4. The fraction of sp³-hybridized carbons (Fsp3) is 0.552. The van der Waals surface area contributed by atoms with E-state index < -0.39 is 47.7 Å². The van der Waals surface area contributed by atoms with E-state index in [0.29, 0.717) is 25.4 Å². The molecular formula is C29H39NO9. The van der Waals surface area contributed by atoms with Crippen molar-refractivity contribution >= 4 is 17.8 Å². The zero-order chi connectivity index (χ0) is 28.6. The Morgan fingerprint density at radius 3 is 2.54 bits per heavy atom. The van der Waals surface area contributed by atoms with Gasteiger partial charge in [-0.05, 0) is 50.0 Å². The monoisotopic (exact) mass is 545 g/mol. The summed E-state index contributed by atoms with van der Waals surface area (Å²) in [5.74, 6) is -0.839. The first-order valence-corrected chi connectivity index (χ1v) is 13.1. The minimum Gasteiger partial charge on any atom is -0.479 e. The fourth-order valence-corrected chi connectivity index (χ4v) is 4.85. The predicted octanol–water partition coefficient (Wildman–Crippen LogP) is 3.18. The number of hydrogen-bond donors (Lipinski definition) is 1. The number of rotatable bonds is 13. The molecule has 0 bridgehead atoms. The maximum atomic E-state index is 13.4. The molecule has 0 spiro atoms. The largest absolute Gasteiger partial charge is 0.479 e. The molecule has 1 aromatic rings. The van der Waals surface area contributed by atoms with Crippen LogP contribution in [0, 0.1) is 5.92 Å². The number of imide groups is 1. The van der Waals surface area contributed by atoms with Crippen LogP contribution in [0.25, 0.3) is 0 Å². The van der Waals surface area contributed by atoms with Gasteiger partial charge in [0, 0.05) is 7.11 Å². The molecular weight excluding hydrogens is 506 g/mol. The SMILES string of the molecule is CO[C@@H](C(=O)N1C(=O)OC(C)(C)[C@H]1C(C)C)[C@H]1OC(=CCCOC[C@@H](CO)OCc2ccccc2)C=CC1=O. The molecule has 1 fully saturated rings. The molecule has 1 aromatic carbocycles. The zero-order valence-corrected chi connectivity index (χ0v) is 23.2. The third-order valence-corrected chi connectivity index (χ3v) is 6.58. The molecule has 2 aliphatic heterocycles. The lowest BCUT2D eigenvalue weighted by Crippen LogP contribution is -2.55. The van der Waals surface area contributed by atoms with Gasteiger partial charge in [0.05, 0.1) is 32.5 Å². The second kappa shape index (κ2) is 13.8. The number of allylic oxidation sites excluding steroid dienone is 1. The Labute approximate surface area is 229 Å². The van der Waals surface area contributed by atoms with Gasteiger partial charge in [0.2, 0.25) is 0 Å². The molecule has 0 aromatic heterocycles. The summed E-state index contributed by atoms with van der Waals surface area (Å²) in [6, 6.07) is 9.12. The number of aliphatic hydroxyl groups is 1. The third kappa shape index (κ3) is 7.76. The van der Waals surface area contributed by atoms with Crippen LogP contribution in [0.5, 0.6) is 0 Å². The van der Waals surface area contributed by atoms with Crippen molar-refractivity contribution in [1.82, 2.24) is 4.90 Å². The van der Waals surface area contributed by atoms with E-state index in [1.165, 1.54) is 19.3 Å². The van der Waals surface area contributed by atoms with E-state index in [1.807, 2.05) is 44.2 Å². The van der Waals surface area contributed by atoms with Gasteiger partial charge in [-0.3, -0.25) is 9.59 Å². The molecule has 2 amide bonds. The Kier molecular flexibility index (Phi) is 10.8. The molecule has 2 aliphatic rings. The van der Waals surface area contributed by atoms with Crippen molar-refractivity contribution in [2.24, 2.45) is 5.92 Å². The number of aliphatic hydroxyl groups excluding tert-OH is 1. The second-order valence-corrected chi connectivity index (χ2v) is 10.4. The number of amides is 2. The Balaban J connectivity index is 1.55. The van der Waals surface area contributed by atoms with Crippen LogP contribution in [0.3, 0.4) is 0 Å². The standard InChI is InChI=1S/C29H39NO9/c1-19(2)26-29(3,4)39-28(34)30(26)27(33)25(35-5)24-23(32)14-13-21(38-24)12-9-15-36-18-22(16-31)37-17-20-10-7-6-8-11-20/h6-8,10-14,19,22,24-26,31H,9,15-18H2,1-5H3/t22-,24+,25-,26-/m1/s1. The van der Waals surface area contributed by atoms with Crippen LogP contribution in [0.15, 0.2) is 54.3 Å². The summed E-state index contributed by atoms with van der Waals surface area (Å²) in [6.45, 7) is 8.01. The molecule has 39 heavy (non-hydrogen) atoms. The van der Waals surface area contributed by atoms with Gasteiger partial charge in [-0.1, -0.05) is 44.2 Å². The van der Waals surface area contributed by atoms with Crippen LogP contribution in [0.2, 0.25) is 0 Å². The Bertz CT molecular complexity index is 1050. The fourth-order valence-electron chi connectivity index (χ4n) is 4.85. The van der Waals surface area contributed by atoms with Crippen LogP contribution in [0.4, 0.5) is 4.79 Å². The number of ketones is 1.